The first kappa shape index (κ1) is 14.1. The Balaban J connectivity index is 2.27. The average molecular weight is 252 g/mol. The maximum atomic E-state index is 11.7. The van der Waals surface area contributed by atoms with Gasteiger partial charge in [-0.05, 0) is 32.0 Å². The molecule has 94 valence electrons. The van der Waals surface area contributed by atoms with Crippen molar-refractivity contribution in [1.29, 1.82) is 0 Å². The molecule has 0 aliphatic carbocycles. The average Bonchev–Trinajstić information content (AvgIpc) is 2.35. The van der Waals surface area contributed by atoms with E-state index in [-0.39, 0.29) is 11.2 Å². The van der Waals surface area contributed by atoms with E-state index >= 15 is 0 Å². The van der Waals surface area contributed by atoms with Gasteiger partial charge < -0.3 is 10.6 Å². The Bertz CT molecular complexity index is 329. The van der Waals surface area contributed by atoms with E-state index in [1.165, 1.54) is 0 Å². The van der Waals surface area contributed by atoms with Crippen molar-refractivity contribution in [3.8, 4) is 0 Å². The maximum absolute atomic E-state index is 11.7. The van der Waals surface area contributed by atoms with Crippen molar-refractivity contribution >= 4 is 18.5 Å². The van der Waals surface area contributed by atoms with Crippen LogP contribution in [-0.2, 0) is 11.2 Å². The molecule has 0 heterocycles. The van der Waals surface area contributed by atoms with Crippen molar-refractivity contribution in [2.75, 3.05) is 20.1 Å². The van der Waals surface area contributed by atoms with Crippen molar-refractivity contribution in [1.82, 2.24) is 10.6 Å². The van der Waals surface area contributed by atoms with Crippen molar-refractivity contribution < 1.29 is 4.79 Å². The second kappa shape index (κ2) is 8.14. The molecule has 0 radical (unpaired) electrons. The lowest BCUT2D eigenvalue weighted by Crippen LogP contribution is -2.34. The van der Waals surface area contributed by atoms with E-state index in [1.807, 2.05) is 37.4 Å². The number of rotatable bonds is 7. The van der Waals surface area contributed by atoms with Crippen LogP contribution in [0.2, 0.25) is 0 Å². The van der Waals surface area contributed by atoms with Crippen molar-refractivity contribution in [3.63, 3.8) is 0 Å². The van der Waals surface area contributed by atoms with Crippen LogP contribution in [0.15, 0.2) is 30.3 Å². The van der Waals surface area contributed by atoms with Crippen molar-refractivity contribution in [3.05, 3.63) is 35.9 Å². The summed E-state index contributed by atoms with van der Waals surface area (Å²) < 4.78 is 0. The first-order chi connectivity index (χ1) is 8.24. The summed E-state index contributed by atoms with van der Waals surface area (Å²) in [6, 6.07) is 9.94. The zero-order valence-corrected chi connectivity index (χ0v) is 11.0. The third-order valence-corrected chi connectivity index (χ3v) is 2.89. The standard InChI is InChI=1S/C13H20N2OS/c1-14-8-5-9-15-13(16)12(17)10-11-6-3-2-4-7-11/h2-4,6-7,12,14,17H,5,8-10H2,1H3,(H,15,16). The van der Waals surface area contributed by atoms with Crippen LogP contribution in [0.5, 0.6) is 0 Å². The Kier molecular flexibility index (Phi) is 6.74. The van der Waals surface area contributed by atoms with E-state index in [0.717, 1.165) is 18.5 Å². The molecule has 1 aromatic carbocycles. The smallest absolute Gasteiger partial charge is 0.233 e. The van der Waals surface area contributed by atoms with Gasteiger partial charge in [0.15, 0.2) is 0 Å². The molecule has 4 heteroatoms. The van der Waals surface area contributed by atoms with Crippen LogP contribution in [0.1, 0.15) is 12.0 Å². The number of nitrogens with one attached hydrogen (secondary N) is 2. The van der Waals surface area contributed by atoms with Gasteiger partial charge in [-0.1, -0.05) is 30.3 Å². The highest BCUT2D eigenvalue weighted by Crippen LogP contribution is 2.07. The Morgan fingerprint density at radius 2 is 2.00 bits per heavy atom. The first-order valence-electron chi connectivity index (χ1n) is 5.88. The van der Waals surface area contributed by atoms with Gasteiger partial charge in [-0.2, -0.15) is 12.6 Å². The molecule has 1 aromatic rings. The SMILES string of the molecule is CNCCCNC(=O)C(S)Cc1ccccc1. The molecule has 0 bridgehead atoms. The predicted octanol–water partition coefficient (Wildman–Crippen LogP) is 1.25. The predicted molar refractivity (Wildman–Crippen MR) is 74.5 cm³/mol. The maximum Gasteiger partial charge on any atom is 0.233 e. The highest BCUT2D eigenvalue weighted by molar-refractivity contribution is 7.81. The molecular weight excluding hydrogens is 232 g/mol. The summed E-state index contributed by atoms with van der Waals surface area (Å²) in [6.07, 6.45) is 1.61. The van der Waals surface area contributed by atoms with E-state index in [1.54, 1.807) is 0 Å². The number of hydrogen-bond donors (Lipinski definition) is 3. The Morgan fingerprint density at radius 3 is 2.65 bits per heavy atom. The fraction of sp³-hybridized carbons (Fsp3) is 0.462. The molecule has 0 spiro atoms. The van der Waals surface area contributed by atoms with Crippen LogP contribution in [0.4, 0.5) is 0 Å². The summed E-state index contributed by atoms with van der Waals surface area (Å²) in [5.74, 6) is 0.00768. The van der Waals surface area contributed by atoms with Gasteiger partial charge in [0.05, 0.1) is 5.25 Å². The third kappa shape index (κ3) is 5.75. The zero-order valence-electron chi connectivity index (χ0n) is 10.1. The molecule has 17 heavy (non-hydrogen) atoms. The summed E-state index contributed by atoms with van der Waals surface area (Å²) >= 11 is 4.33. The van der Waals surface area contributed by atoms with Crippen LogP contribution < -0.4 is 10.6 Å². The number of amides is 1. The number of benzene rings is 1. The van der Waals surface area contributed by atoms with Crippen molar-refractivity contribution in [2.24, 2.45) is 0 Å². The van der Waals surface area contributed by atoms with Crippen LogP contribution in [0.25, 0.3) is 0 Å². The Hall–Kier alpha value is -1.00. The molecule has 1 unspecified atom stereocenters. The minimum Gasteiger partial charge on any atom is -0.355 e. The Morgan fingerprint density at radius 1 is 1.29 bits per heavy atom. The van der Waals surface area contributed by atoms with Crippen LogP contribution >= 0.6 is 12.6 Å². The lowest BCUT2D eigenvalue weighted by Gasteiger charge is -2.11. The normalized spacial score (nSPS) is 12.1. The molecule has 2 N–H and O–H groups in total. The van der Waals surface area contributed by atoms with Crippen LogP contribution in [0, 0.1) is 0 Å². The lowest BCUT2D eigenvalue weighted by atomic mass is 10.1. The molecule has 0 aliphatic heterocycles. The minimum atomic E-state index is -0.271. The van der Waals surface area contributed by atoms with Crippen molar-refractivity contribution in [2.45, 2.75) is 18.1 Å². The second-order valence-electron chi connectivity index (χ2n) is 3.95. The molecule has 1 amide bonds. The van der Waals surface area contributed by atoms with Crippen LogP contribution in [0.3, 0.4) is 0 Å². The molecule has 0 aromatic heterocycles. The van der Waals surface area contributed by atoms with Gasteiger partial charge in [0, 0.05) is 6.54 Å². The van der Waals surface area contributed by atoms with E-state index in [9.17, 15) is 4.79 Å². The second-order valence-corrected chi connectivity index (χ2v) is 4.58. The highest BCUT2D eigenvalue weighted by Gasteiger charge is 2.13. The van der Waals surface area contributed by atoms with Gasteiger partial charge >= 0.3 is 0 Å². The molecular formula is C13H20N2OS. The van der Waals surface area contributed by atoms with E-state index in [4.69, 9.17) is 0 Å². The highest BCUT2D eigenvalue weighted by atomic mass is 32.1. The molecule has 0 saturated carbocycles. The minimum absolute atomic E-state index is 0.00768. The van der Waals surface area contributed by atoms with Crippen LogP contribution in [-0.4, -0.2) is 31.3 Å². The van der Waals surface area contributed by atoms with E-state index in [0.29, 0.717) is 13.0 Å². The molecule has 0 aliphatic rings. The molecule has 0 fully saturated rings. The topological polar surface area (TPSA) is 41.1 Å². The van der Waals surface area contributed by atoms with Gasteiger partial charge in [0.1, 0.15) is 0 Å². The number of hydrogen-bond acceptors (Lipinski definition) is 3. The fourth-order valence-corrected chi connectivity index (χ4v) is 1.83. The monoisotopic (exact) mass is 252 g/mol. The van der Waals surface area contributed by atoms with Gasteiger partial charge in [0.25, 0.3) is 0 Å². The van der Waals surface area contributed by atoms with E-state index in [2.05, 4.69) is 23.3 Å². The Labute approximate surface area is 108 Å². The molecule has 1 rings (SSSR count). The van der Waals surface area contributed by atoms with E-state index < -0.39 is 0 Å². The van der Waals surface area contributed by atoms with Gasteiger partial charge in [-0.25, -0.2) is 0 Å². The third-order valence-electron chi connectivity index (χ3n) is 2.48. The fourth-order valence-electron chi connectivity index (χ4n) is 1.52. The summed E-state index contributed by atoms with van der Waals surface area (Å²) in [6.45, 7) is 1.61. The quantitative estimate of drug-likeness (QED) is 0.505. The summed E-state index contributed by atoms with van der Waals surface area (Å²) in [5.41, 5.74) is 1.14. The van der Waals surface area contributed by atoms with Gasteiger partial charge in [-0.3, -0.25) is 4.79 Å². The first-order valence-corrected chi connectivity index (χ1v) is 6.40. The summed E-state index contributed by atoms with van der Waals surface area (Å²) in [4.78, 5) is 11.7. The number of carbonyl (C=O) groups excluding carboxylic acids is 1. The molecule has 0 saturated heterocycles. The largest absolute Gasteiger partial charge is 0.355 e. The summed E-state index contributed by atoms with van der Waals surface area (Å²) in [5, 5.41) is 5.65. The number of carbonyl (C=O) groups is 1. The zero-order chi connectivity index (χ0) is 12.5. The molecule has 1 atom stereocenters. The van der Waals surface area contributed by atoms with Gasteiger partial charge in [-0.15, -0.1) is 0 Å². The molecule has 3 nitrogen and oxygen atoms in total. The number of thiol groups is 1. The van der Waals surface area contributed by atoms with Gasteiger partial charge in [0.2, 0.25) is 5.91 Å². The summed E-state index contributed by atoms with van der Waals surface area (Å²) in [7, 11) is 1.90. The lowest BCUT2D eigenvalue weighted by molar-refractivity contribution is -0.120.